The molecule has 0 bridgehead atoms. The molecular formula is C11H14F3N3O. The second-order valence-corrected chi connectivity index (χ2v) is 4.06. The fourth-order valence-corrected chi connectivity index (χ4v) is 1.18. The van der Waals surface area contributed by atoms with Crippen molar-refractivity contribution in [1.82, 2.24) is 10.3 Å². The summed E-state index contributed by atoms with van der Waals surface area (Å²) >= 11 is 0. The number of halogens is 3. The van der Waals surface area contributed by atoms with E-state index in [0.29, 0.717) is 13.3 Å². The molecule has 1 aromatic rings. The Hall–Kier alpha value is -1.63. The number of carbonyl (C=O) groups is 1. The number of nitrogens with zero attached hydrogens (tertiary/aromatic N) is 1. The summed E-state index contributed by atoms with van der Waals surface area (Å²) in [5.41, 5.74) is 2.97. The van der Waals surface area contributed by atoms with E-state index in [-0.39, 0.29) is 6.54 Å². The van der Waals surface area contributed by atoms with Crippen LogP contribution in [-0.2, 0) is 11.2 Å². The average molecular weight is 261 g/mol. The number of hydrogen-bond donors (Lipinski definition) is 2. The molecule has 1 aromatic heterocycles. The molecule has 1 atom stereocenters. The van der Waals surface area contributed by atoms with E-state index in [1.807, 2.05) is 0 Å². The third-order valence-electron chi connectivity index (χ3n) is 2.51. The SMILES string of the molecule is CC(N)(C(=O)NCCc1ccncc1)C(F)(F)F. The molecule has 18 heavy (non-hydrogen) atoms. The Kier molecular flexibility index (Phi) is 4.28. The summed E-state index contributed by atoms with van der Waals surface area (Å²) in [7, 11) is 0. The zero-order chi connectivity index (χ0) is 13.8. The molecule has 1 unspecified atom stereocenters. The van der Waals surface area contributed by atoms with Crippen molar-refractivity contribution in [3.63, 3.8) is 0 Å². The maximum absolute atomic E-state index is 12.4. The van der Waals surface area contributed by atoms with Crippen molar-refractivity contribution in [2.24, 2.45) is 5.73 Å². The maximum Gasteiger partial charge on any atom is 0.415 e. The third-order valence-corrected chi connectivity index (χ3v) is 2.51. The Morgan fingerprint density at radius 1 is 1.39 bits per heavy atom. The second-order valence-electron chi connectivity index (χ2n) is 4.06. The van der Waals surface area contributed by atoms with E-state index in [9.17, 15) is 18.0 Å². The number of amides is 1. The number of rotatable bonds is 4. The Morgan fingerprint density at radius 3 is 2.44 bits per heavy atom. The van der Waals surface area contributed by atoms with Gasteiger partial charge in [0.2, 0.25) is 5.91 Å². The minimum atomic E-state index is -4.77. The third kappa shape index (κ3) is 3.43. The fraction of sp³-hybridized carbons (Fsp3) is 0.455. The van der Waals surface area contributed by atoms with Crippen LogP contribution in [0.25, 0.3) is 0 Å². The number of alkyl halides is 3. The van der Waals surface area contributed by atoms with Gasteiger partial charge in [0.15, 0.2) is 5.54 Å². The van der Waals surface area contributed by atoms with Gasteiger partial charge >= 0.3 is 6.18 Å². The highest BCUT2D eigenvalue weighted by Crippen LogP contribution is 2.27. The topological polar surface area (TPSA) is 68.0 Å². The van der Waals surface area contributed by atoms with Crippen molar-refractivity contribution in [3.8, 4) is 0 Å². The Morgan fingerprint density at radius 2 is 1.94 bits per heavy atom. The zero-order valence-electron chi connectivity index (χ0n) is 9.79. The predicted octanol–water partition coefficient (Wildman–Crippen LogP) is 1.02. The van der Waals surface area contributed by atoms with Gasteiger partial charge in [-0.25, -0.2) is 0 Å². The van der Waals surface area contributed by atoms with E-state index in [2.05, 4.69) is 10.3 Å². The summed E-state index contributed by atoms with van der Waals surface area (Å²) in [4.78, 5) is 15.1. The lowest BCUT2D eigenvalue weighted by Crippen LogP contribution is -2.61. The van der Waals surface area contributed by atoms with E-state index < -0.39 is 17.6 Å². The first-order valence-corrected chi connectivity index (χ1v) is 5.28. The van der Waals surface area contributed by atoms with Gasteiger partial charge in [0.25, 0.3) is 0 Å². The van der Waals surface area contributed by atoms with Gasteiger partial charge in [-0.05, 0) is 31.0 Å². The second kappa shape index (κ2) is 5.34. The van der Waals surface area contributed by atoms with Crippen LogP contribution >= 0.6 is 0 Å². The van der Waals surface area contributed by atoms with Crippen LogP contribution in [0, 0.1) is 0 Å². The molecule has 1 heterocycles. The summed E-state index contributed by atoms with van der Waals surface area (Å²) in [5.74, 6) is -1.23. The predicted molar refractivity (Wildman–Crippen MR) is 59.6 cm³/mol. The van der Waals surface area contributed by atoms with E-state index in [0.717, 1.165) is 5.56 Å². The Balaban J connectivity index is 2.48. The van der Waals surface area contributed by atoms with Gasteiger partial charge in [-0.15, -0.1) is 0 Å². The fourth-order valence-electron chi connectivity index (χ4n) is 1.18. The summed E-state index contributed by atoms with van der Waals surface area (Å²) < 4.78 is 37.3. The van der Waals surface area contributed by atoms with Crippen molar-refractivity contribution in [1.29, 1.82) is 0 Å². The summed E-state index contributed by atoms with van der Waals surface area (Å²) in [6.07, 6.45) is -1.21. The number of nitrogens with two attached hydrogens (primary N) is 1. The zero-order valence-corrected chi connectivity index (χ0v) is 9.79. The van der Waals surface area contributed by atoms with Crippen LogP contribution in [0.3, 0.4) is 0 Å². The van der Waals surface area contributed by atoms with E-state index in [1.54, 1.807) is 24.5 Å². The molecule has 1 rings (SSSR count). The number of hydrogen-bond acceptors (Lipinski definition) is 3. The number of aromatic nitrogens is 1. The van der Waals surface area contributed by atoms with Crippen LogP contribution in [0.1, 0.15) is 12.5 Å². The lowest BCUT2D eigenvalue weighted by atomic mass is 10.0. The maximum atomic E-state index is 12.4. The van der Waals surface area contributed by atoms with E-state index in [4.69, 9.17) is 5.73 Å². The van der Waals surface area contributed by atoms with Crippen LogP contribution in [0.5, 0.6) is 0 Å². The molecule has 0 aliphatic carbocycles. The van der Waals surface area contributed by atoms with Gasteiger partial charge in [0, 0.05) is 18.9 Å². The van der Waals surface area contributed by atoms with Crippen LogP contribution < -0.4 is 11.1 Å². The van der Waals surface area contributed by atoms with Crippen molar-refractivity contribution in [2.75, 3.05) is 6.54 Å². The first-order chi connectivity index (χ1) is 8.25. The van der Waals surface area contributed by atoms with E-state index in [1.165, 1.54) is 0 Å². The summed E-state index contributed by atoms with van der Waals surface area (Å²) in [6, 6.07) is 3.44. The quantitative estimate of drug-likeness (QED) is 0.850. The van der Waals surface area contributed by atoms with Crippen LogP contribution in [0.15, 0.2) is 24.5 Å². The molecule has 0 saturated heterocycles. The van der Waals surface area contributed by atoms with Crippen LogP contribution in [0.2, 0.25) is 0 Å². The molecule has 7 heteroatoms. The average Bonchev–Trinajstić information content (AvgIpc) is 2.28. The molecule has 0 spiro atoms. The van der Waals surface area contributed by atoms with Crippen molar-refractivity contribution >= 4 is 5.91 Å². The Labute approximate surface area is 102 Å². The lowest BCUT2D eigenvalue weighted by Gasteiger charge is -2.26. The molecule has 0 fully saturated rings. The van der Waals surface area contributed by atoms with Crippen LogP contribution in [0.4, 0.5) is 13.2 Å². The summed E-state index contributed by atoms with van der Waals surface area (Å²) in [5, 5.41) is 2.17. The lowest BCUT2D eigenvalue weighted by molar-refractivity contribution is -0.187. The normalized spacial score (nSPS) is 14.9. The van der Waals surface area contributed by atoms with Crippen molar-refractivity contribution < 1.29 is 18.0 Å². The molecule has 0 aliphatic heterocycles. The molecule has 4 nitrogen and oxygen atoms in total. The first-order valence-electron chi connectivity index (χ1n) is 5.28. The van der Waals surface area contributed by atoms with Gasteiger partial charge in [-0.1, -0.05) is 0 Å². The highest BCUT2D eigenvalue weighted by molar-refractivity contribution is 5.86. The van der Waals surface area contributed by atoms with Crippen LogP contribution in [-0.4, -0.2) is 29.2 Å². The highest BCUT2D eigenvalue weighted by Gasteiger charge is 2.53. The molecule has 100 valence electrons. The number of nitrogens with one attached hydrogen (secondary N) is 1. The van der Waals surface area contributed by atoms with Gasteiger partial charge in [-0.2, -0.15) is 13.2 Å². The summed E-state index contributed by atoms with van der Waals surface area (Å²) in [6.45, 7) is 0.737. The molecule has 3 N–H and O–H groups in total. The molecule has 0 aliphatic rings. The van der Waals surface area contributed by atoms with Gasteiger partial charge in [0.05, 0.1) is 0 Å². The van der Waals surface area contributed by atoms with Crippen molar-refractivity contribution in [2.45, 2.75) is 25.1 Å². The molecular weight excluding hydrogens is 247 g/mol. The molecule has 1 amide bonds. The van der Waals surface area contributed by atoms with Gasteiger partial charge in [0.1, 0.15) is 0 Å². The van der Waals surface area contributed by atoms with Crippen molar-refractivity contribution in [3.05, 3.63) is 30.1 Å². The van der Waals surface area contributed by atoms with E-state index >= 15 is 0 Å². The smallest absolute Gasteiger partial charge is 0.354 e. The molecule has 0 aromatic carbocycles. The number of carbonyl (C=O) groups excluding carboxylic acids is 1. The molecule has 0 radical (unpaired) electrons. The first kappa shape index (κ1) is 14.4. The standard InChI is InChI=1S/C11H14F3N3O/c1-10(15,11(12,13)14)9(18)17-7-4-8-2-5-16-6-3-8/h2-3,5-6H,4,7,15H2,1H3,(H,17,18). The van der Waals surface area contributed by atoms with Gasteiger partial charge in [-0.3, -0.25) is 9.78 Å². The minimum Gasteiger partial charge on any atom is -0.354 e. The largest absolute Gasteiger partial charge is 0.415 e. The highest BCUT2D eigenvalue weighted by atomic mass is 19.4. The molecule has 0 saturated carbocycles. The Bertz CT molecular complexity index is 404. The number of pyridine rings is 1. The van der Waals surface area contributed by atoms with Gasteiger partial charge < -0.3 is 11.1 Å². The monoisotopic (exact) mass is 261 g/mol. The minimum absolute atomic E-state index is 0.0890.